The van der Waals surface area contributed by atoms with Crippen molar-refractivity contribution in [1.29, 1.82) is 0 Å². The Kier molecular flexibility index (Phi) is 21.1. The molecule has 0 radical (unpaired) electrons. The number of ether oxygens (including phenoxy) is 5. The van der Waals surface area contributed by atoms with Crippen molar-refractivity contribution < 1.29 is 52.5 Å². The molecule has 62 heavy (non-hydrogen) atoms. The van der Waals surface area contributed by atoms with E-state index in [9.17, 15) is 28.8 Å². The Morgan fingerprint density at radius 1 is 0.613 bits per heavy atom. The van der Waals surface area contributed by atoms with E-state index in [-0.39, 0.29) is 44.5 Å². The van der Waals surface area contributed by atoms with Gasteiger partial charge in [-0.05, 0) is 83.4 Å². The monoisotopic (exact) mass is 884 g/mol. The van der Waals surface area contributed by atoms with E-state index in [2.05, 4.69) is 40.9 Å². The Labute approximate surface area is 369 Å². The SMILES string of the molecule is CC(C)C[C@H](NC(=O)[C@@H](CC(C)C)NC(=O)OCc1ccccc1)C(=O)N[C@H](C(=O)OCC[Si](C)(C)C)[C@H](OC(=O)[C@H](COC(C)(C)C)NC(=O)OC(C)(C)C)c1ccccc1. The molecule has 0 aliphatic rings. The zero-order valence-corrected chi connectivity index (χ0v) is 40.0. The molecule has 0 spiro atoms. The molecule has 346 valence electrons. The summed E-state index contributed by atoms with van der Waals surface area (Å²) in [6, 6.07) is 12.8. The lowest BCUT2D eigenvalue weighted by atomic mass is 9.98. The van der Waals surface area contributed by atoms with E-state index in [1.807, 2.05) is 45.9 Å². The third-order valence-corrected chi connectivity index (χ3v) is 10.6. The predicted octanol–water partition coefficient (Wildman–Crippen LogP) is 7.22. The third kappa shape index (κ3) is 21.7. The summed E-state index contributed by atoms with van der Waals surface area (Å²) in [4.78, 5) is 82.7. The minimum absolute atomic E-state index is 0.00885. The molecule has 2 aromatic carbocycles. The van der Waals surface area contributed by atoms with Gasteiger partial charge in [-0.25, -0.2) is 19.2 Å². The van der Waals surface area contributed by atoms with E-state index >= 15 is 0 Å². The molecular weight excluding hydrogens is 813 g/mol. The molecule has 15 nitrogen and oxygen atoms in total. The average molecular weight is 885 g/mol. The second kappa shape index (κ2) is 24.6. The number of nitrogens with one attached hydrogen (secondary N) is 4. The molecule has 2 rings (SSSR count). The number of rotatable bonds is 22. The summed E-state index contributed by atoms with van der Waals surface area (Å²) in [5.41, 5.74) is -0.502. The summed E-state index contributed by atoms with van der Waals surface area (Å²) in [7, 11) is -1.70. The number of hydrogen-bond donors (Lipinski definition) is 4. The number of hydrogen-bond acceptors (Lipinski definition) is 11. The summed E-state index contributed by atoms with van der Waals surface area (Å²) in [6.07, 6.45) is -2.80. The van der Waals surface area contributed by atoms with Crippen LogP contribution in [0.1, 0.15) is 99.3 Å². The maximum atomic E-state index is 14.5. The Bertz CT molecular complexity index is 1740. The normalized spacial score (nSPS) is 14.4. The summed E-state index contributed by atoms with van der Waals surface area (Å²) < 4.78 is 28.6. The number of alkyl carbamates (subject to hydrolysis) is 2. The Morgan fingerprint density at radius 2 is 1.13 bits per heavy atom. The lowest BCUT2D eigenvalue weighted by molar-refractivity contribution is -0.164. The van der Waals surface area contributed by atoms with Crippen LogP contribution in [0.3, 0.4) is 0 Å². The van der Waals surface area contributed by atoms with Crippen LogP contribution >= 0.6 is 0 Å². The van der Waals surface area contributed by atoms with E-state index in [1.54, 1.807) is 84.0 Å². The lowest BCUT2D eigenvalue weighted by Gasteiger charge is -2.31. The van der Waals surface area contributed by atoms with E-state index in [0.29, 0.717) is 11.6 Å². The van der Waals surface area contributed by atoms with Gasteiger partial charge in [0.2, 0.25) is 11.8 Å². The van der Waals surface area contributed by atoms with Gasteiger partial charge in [0.25, 0.3) is 0 Å². The molecule has 2 aromatic rings. The van der Waals surface area contributed by atoms with E-state index in [1.165, 1.54) is 0 Å². The Balaban J connectivity index is 2.55. The van der Waals surface area contributed by atoms with Gasteiger partial charge in [0.05, 0.1) is 18.8 Å². The smallest absolute Gasteiger partial charge is 0.408 e. The van der Waals surface area contributed by atoms with Crippen molar-refractivity contribution in [3.63, 3.8) is 0 Å². The molecule has 4 amide bonds. The van der Waals surface area contributed by atoms with Crippen LogP contribution in [0, 0.1) is 11.8 Å². The van der Waals surface area contributed by atoms with Gasteiger partial charge < -0.3 is 45.0 Å². The van der Waals surface area contributed by atoms with Crippen molar-refractivity contribution in [2.45, 2.75) is 156 Å². The molecule has 0 aliphatic carbocycles. The summed E-state index contributed by atoms with van der Waals surface area (Å²) in [5, 5.41) is 10.7. The van der Waals surface area contributed by atoms with Crippen LogP contribution in [-0.4, -0.2) is 92.6 Å². The second-order valence-electron chi connectivity index (χ2n) is 19.4. The van der Waals surface area contributed by atoms with Crippen LogP contribution in [-0.2, 0) is 49.5 Å². The second-order valence-corrected chi connectivity index (χ2v) is 25.1. The predicted molar refractivity (Wildman–Crippen MR) is 240 cm³/mol. The highest BCUT2D eigenvalue weighted by molar-refractivity contribution is 6.76. The van der Waals surface area contributed by atoms with Gasteiger partial charge >= 0.3 is 24.1 Å². The first-order valence-electron chi connectivity index (χ1n) is 21.4. The van der Waals surface area contributed by atoms with Crippen LogP contribution in [0.4, 0.5) is 9.59 Å². The molecule has 0 aromatic heterocycles. The maximum absolute atomic E-state index is 14.5. The fourth-order valence-corrected chi connectivity index (χ4v) is 6.49. The molecule has 4 N–H and O–H groups in total. The van der Waals surface area contributed by atoms with Crippen molar-refractivity contribution in [3.05, 3.63) is 71.8 Å². The van der Waals surface area contributed by atoms with Crippen molar-refractivity contribution in [2.75, 3.05) is 13.2 Å². The molecule has 0 unspecified atom stereocenters. The summed E-state index contributed by atoms with van der Waals surface area (Å²) in [6.45, 7) is 24.0. The third-order valence-electron chi connectivity index (χ3n) is 8.85. The van der Waals surface area contributed by atoms with Gasteiger partial charge in [-0.3, -0.25) is 9.59 Å². The highest BCUT2D eigenvalue weighted by Gasteiger charge is 2.40. The van der Waals surface area contributed by atoms with E-state index in [4.69, 9.17) is 23.7 Å². The standard InChI is InChI=1S/C46H72N4O11Si/c1-30(2)26-34(47-39(51)35(27-31(3)4)48-43(55)58-28-32-20-16-14-17-21-32)40(52)50-37(42(54)57-24-25-62(11,12)13)38(33-22-18-15-19-23-33)60-41(53)36(29-59-45(5,6)7)49-44(56)61-46(8,9)10/h14-23,30-31,34-38H,24-29H2,1-13H3,(H,47,51)(H,48,55)(H,49,56)(H,50,52)/t34-,35+,36-,37-,38+/m0/s1. The van der Waals surface area contributed by atoms with Crippen LogP contribution in [0.15, 0.2) is 60.7 Å². The molecule has 0 heterocycles. The molecule has 16 heteroatoms. The van der Waals surface area contributed by atoms with Crippen molar-refractivity contribution in [1.82, 2.24) is 21.3 Å². The number of carbonyl (C=O) groups is 6. The molecular formula is C46H72N4O11Si. The molecule has 0 saturated carbocycles. The Hall–Kier alpha value is -4.96. The van der Waals surface area contributed by atoms with Crippen LogP contribution < -0.4 is 21.3 Å². The lowest BCUT2D eigenvalue weighted by Crippen LogP contribution is -2.58. The quantitative estimate of drug-likeness (QED) is 0.0530. The first-order chi connectivity index (χ1) is 28.7. The molecule has 0 aliphatic heterocycles. The van der Waals surface area contributed by atoms with Gasteiger partial charge in [-0.1, -0.05) is 108 Å². The topological polar surface area (TPSA) is 197 Å². The van der Waals surface area contributed by atoms with Crippen LogP contribution in [0.2, 0.25) is 25.7 Å². The fourth-order valence-electron chi connectivity index (χ4n) is 5.78. The Morgan fingerprint density at radius 3 is 1.65 bits per heavy atom. The largest absolute Gasteiger partial charge is 0.464 e. The highest BCUT2D eigenvalue weighted by atomic mass is 28.3. The number of benzene rings is 2. The minimum atomic E-state index is -1.70. The van der Waals surface area contributed by atoms with E-state index in [0.717, 1.165) is 5.56 Å². The first kappa shape index (κ1) is 53.2. The van der Waals surface area contributed by atoms with Gasteiger partial charge in [0, 0.05) is 8.07 Å². The number of esters is 2. The van der Waals surface area contributed by atoms with E-state index < -0.39 is 85.5 Å². The zero-order valence-electron chi connectivity index (χ0n) is 39.0. The van der Waals surface area contributed by atoms with Gasteiger partial charge in [-0.2, -0.15) is 0 Å². The first-order valence-corrected chi connectivity index (χ1v) is 25.1. The molecule has 0 fully saturated rings. The summed E-state index contributed by atoms with van der Waals surface area (Å²) in [5.74, 6) is -3.40. The van der Waals surface area contributed by atoms with Gasteiger partial charge in [0.1, 0.15) is 24.3 Å². The number of carbonyl (C=O) groups excluding carboxylic acids is 6. The molecule has 5 atom stereocenters. The molecule has 0 bridgehead atoms. The maximum Gasteiger partial charge on any atom is 0.408 e. The van der Waals surface area contributed by atoms with Crippen LogP contribution in [0.5, 0.6) is 0 Å². The van der Waals surface area contributed by atoms with Gasteiger partial charge in [0.15, 0.2) is 18.2 Å². The van der Waals surface area contributed by atoms with Gasteiger partial charge in [-0.15, -0.1) is 0 Å². The minimum Gasteiger partial charge on any atom is -0.464 e. The summed E-state index contributed by atoms with van der Waals surface area (Å²) >= 11 is 0. The van der Waals surface area contributed by atoms with Crippen molar-refractivity contribution in [2.24, 2.45) is 11.8 Å². The van der Waals surface area contributed by atoms with Crippen LogP contribution in [0.25, 0.3) is 0 Å². The average Bonchev–Trinajstić information content (AvgIpc) is 3.15. The molecule has 0 saturated heterocycles. The van der Waals surface area contributed by atoms with Crippen molar-refractivity contribution >= 4 is 44.0 Å². The van der Waals surface area contributed by atoms with Crippen molar-refractivity contribution in [3.8, 4) is 0 Å². The number of amides is 4. The fraction of sp³-hybridized carbons (Fsp3) is 0.609. The zero-order chi connectivity index (χ0) is 46.8. The highest BCUT2D eigenvalue weighted by Crippen LogP contribution is 2.25.